The van der Waals surface area contributed by atoms with Gasteiger partial charge >= 0.3 is 0 Å². The third-order valence-electron chi connectivity index (χ3n) is 4.72. The summed E-state index contributed by atoms with van der Waals surface area (Å²) in [6, 6.07) is 0. The summed E-state index contributed by atoms with van der Waals surface area (Å²) in [5.41, 5.74) is 0.390. The van der Waals surface area contributed by atoms with Crippen LogP contribution in [0.2, 0.25) is 0 Å². The molecular formula is C16H20N6O2S. The average molecular weight is 360 g/mol. The van der Waals surface area contributed by atoms with E-state index in [2.05, 4.69) is 25.1 Å². The Morgan fingerprint density at radius 3 is 3.00 bits per heavy atom. The quantitative estimate of drug-likeness (QED) is 0.898. The standard InChI is InChI=1S/C16H20N6O2S/c1-10(23)17-16-18-12(9-25-16)15(24)21-6-2-4-11(8-21)14-20-19-13-5-3-7-22(13)14/h9,11H,2-8H2,1H3,(H,17,18,23). The molecule has 1 N–H and O–H groups in total. The second-order valence-electron chi connectivity index (χ2n) is 6.54. The highest BCUT2D eigenvalue weighted by atomic mass is 32.1. The molecule has 25 heavy (non-hydrogen) atoms. The monoisotopic (exact) mass is 360 g/mol. The number of carbonyl (C=O) groups excluding carboxylic acids is 2. The number of anilines is 1. The van der Waals surface area contributed by atoms with Crippen molar-refractivity contribution in [3.05, 3.63) is 22.7 Å². The fourth-order valence-electron chi connectivity index (χ4n) is 3.59. The summed E-state index contributed by atoms with van der Waals surface area (Å²) < 4.78 is 2.22. The smallest absolute Gasteiger partial charge is 0.273 e. The number of likely N-dealkylation sites (tertiary alicyclic amines) is 1. The number of hydrogen-bond acceptors (Lipinski definition) is 6. The van der Waals surface area contributed by atoms with Gasteiger partial charge in [0.05, 0.1) is 0 Å². The normalized spacial score (nSPS) is 19.7. The van der Waals surface area contributed by atoms with E-state index in [0.29, 0.717) is 17.4 Å². The summed E-state index contributed by atoms with van der Waals surface area (Å²) in [7, 11) is 0. The van der Waals surface area contributed by atoms with Crippen molar-refractivity contribution in [2.24, 2.45) is 0 Å². The van der Waals surface area contributed by atoms with Crippen molar-refractivity contribution < 1.29 is 9.59 Å². The zero-order valence-corrected chi connectivity index (χ0v) is 14.9. The van der Waals surface area contributed by atoms with Gasteiger partial charge in [-0.1, -0.05) is 0 Å². The highest BCUT2D eigenvalue weighted by Gasteiger charge is 2.31. The number of rotatable bonds is 3. The molecule has 2 aromatic rings. The number of aromatic nitrogens is 4. The van der Waals surface area contributed by atoms with Crippen molar-refractivity contribution in [1.29, 1.82) is 0 Å². The molecule has 1 fully saturated rings. The third-order valence-corrected chi connectivity index (χ3v) is 5.48. The van der Waals surface area contributed by atoms with Crippen molar-refractivity contribution in [3.8, 4) is 0 Å². The van der Waals surface area contributed by atoms with E-state index < -0.39 is 0 Å². The van der Waals surface area contributed by atoms with Gasteiger partial charge in [-0.2, -0.15) is 0 Å². The Morgan fingerprint density at radius 2 is 2.16 bits per heavy atom. The highest BCUT2D eigenvalue weighted by molar-refractivity contribution is 7.14. The van der Waals surface area contributed by atoms with Gasteiger partial charge in [-0.15, -0.1) is 21.5 Å². The lowest BCUT2D eigenvalue weighted by molar-refractivity contribution is -0.114. The Bertz CT molecular complexity index is 813. The number of thiazole rings is 1. The van der Waals surface area contributed by atoms with Crippen molar-refractivity contribution >= 4 is 28.3 Å². The van der Waals surface area contributed by atoms with E-state index in [0.717, 1.165) is 50.4 Å². The number of piperidine rings is 1. The van der Waals surface area contributed by atoms with Crippen LogP contribution in [0.4, 0.5) is 5.13 Å². The van der Waals surface area contributed by atoms with Crippen molar-refractivity contribution in [3.63, 3.8) is 0 Å². The third kappa shape index (κ3) is 3.15. The fourth-order valence-corrected chi connectivity index (χ4v) is 4.32. The van der Waals surface area contributed by atoms with Gasteiger partial charge in [0.25, 0.3) is 5.91 Å². The van der Waals surface area contributed by atoms with Gasteiger partial charge in [0, 0.05) is 44.3 Å². The van der Waals surface area contributed by atoms with E-state index in [1.54, 1.807) is 5.38 Å². The maximum absolute atomic E-state index is 12.8. The Labute approximate surface area is 149 Å². The molecule has 2 aromatic heterocycles. The first-order valence-electron chi connectivity index (χ1n) is 8.56. The predicted octanol–water partition coefficient (Wildman–Crippen LogP) is 1.66. The van der Waals surface area contributed by atoms with E-state index in [4.69, 9.17) is 0 Å². The molecule has 0 bridgehead atoms. The van der Waals surface area contributed by atoms with Gasteiger partial charge in [0.1, 0.15) is 17.3 Å². The van der Waals surface area contributed by atoms with Gasteiger partial charge in [-0.05, 0) is 19.3 Å². The fraction of sp³-hybridized carbons (Fsp3) is 0.562. The lowest BCUT2D eigenvalue weighted by atomic mass is 9.97. The van der Waals surface area contributed by atoms with Crippen LogP contribution in [0, 0.1) is 0 Å². The SMILES string of the molecule is CC(=O)Nc1nc(C(=O)N2CCCC(c3nnc4n3CCC4)C2)cs1. The van der Waals surface area contributed by atoms with Gasteiger partial charge in [0.2, 0.25) is 5.91 Å². The first-order valence-corrected chi connectivity index (χ1v) is 9.44. The number of hydrogen-bond donors (Lipinski definition) is 1. The molecule has 2 aliphatic heterocycles. The molecule has 1 saturated heterocycles. The molecule has 0 radical (unpaired) electrons. The predicted molar refractivity (Wildman–Crippen MR) is 92.6 cm³/mol. The molecular weight excluding hydrogens is 340 g/mol. The lowest BCUT2D eigenvalue weighted by Gasteiger charge is -2.31. The van der Waals surface area contributed by atoms with E-state index in [-0.39, 0.29) is 17.7 Å². The lowest BCUT2D eigenvalue weighted by Crippen LogP contribution is -2.40. The van der Waals surface area contributed by atoms with Crippen LogP contribution in [0.3, 0.4) is 0 Å². The van der Waals surface area contributed by atoms with E-state index in [1.807, 2.05) is 4.90 Å². The Kier molecular flexibility index (Phi) is 4.24. The van der Waals surface area contributed by atoms with Gasteiger partial charge in [0.15, 0.2) is 5.13 Å². The summed E-state index contributed by atoms with van der Waals surface area (Å²) in [5, 5.41) is 13.4. The zero-order chi connectivity index (χ0) is 17.4. The number of carbonyl (C=O) groups is 2. The van der Waals surface area contributed by atoms with E-state index in [9.17, 15) is 9.59 Å². The number of nitrogens with one attached hydrogen (secondary N) is 1. The zero-order valence-electron chi connectivity index (χ0n) is 14.1. The molecule has 4 rings (SSSR count). The maximum Gasteiger partial charge on any atom is 0.273 e. The molecule has 8 nitrogen and oxygen atoms in total. The van der Waals surface area contributed by atoms with Crippen molar-refractivity contribution in [2.75, 3.05) is 18.4 Å². The summed E-state index contributed by atoms with van der Waals surface area (Å²) >= 11 is 1.27. The maximum atomic E-state index is 12.8. The minimum Gasteiger partial charge on any atom is -0.337 e. The second-order valence-corrected chi connectivity index (χ2v) is 7.40. The molecule has 0 aliphatic carbocycles. The molecule has 1 unspecified atom stereocenters. The summed E-state index contributed by atoms with van der Waals surface area (Å²) in [6.45, 7) is 3.77. The van der Waals surface area contributed by atoms with Gasteiger partial charge in [-0.3, -0.25) is 9.59 Å². The minimum absolute atomic E-state index is 0.0845. The molecule has 0 saturated carbocycles. The van der Waals surface area contributed by atoms with Gasteiger partial charge < -0.3 is 14.8 Å². The second kappa shape index (κ2) is 6.55. The van der Waals surface area contributed by atoms with E-state index >= 15 is 0 Å². The molecule has 1 atom stereocenters. The largest absolute Gasteiger partial charge is 0.337 e. The van der Waals surface area contributed by atoms with Crippen LogP contribution < -0.4 is 5.32 Å². The van der Waals surface area contributed by atoms with Crippen LogP contribution in [0.15, 0.2) is 5.38 Å². The molecule has 9 heteroatoms. The average Bonchev–Trinajstić information content (AvgIpc) is 3.30. The van der Waals surface area contributed by atoms with Crippen LogP contribution in [0.25, 0.3) is 0 Å². The summed E-state index contributed by atoms with van der Waals surface area (Å²) in [6.07, 6.45) is 4.09. The molecule has 4 heterocycles. The van der Waals surface area contributed by atoms with Crippen LogP contribution in [0.1, 0.15) is 54.2 Å². The van der Waals surface area contributed by atoms with Crippen LogP contribution in [-0.4, -0.2) is 49.6 Å². The summed E-state index contributed by atoms with van der Waals surface area (Å²) in [4.78, 5) is 29.9. The minimum atomic E-state index is -0.188. The summed E-state index contributed by atoms with van der Waals surface area (Å²) in [5.74, 6) is 2.04. The Morgan fingerprint density at radius 1 is 1.28 bits per heavy atom. The number of aryl methyl sites for hydroxylation is 1. The molecule has 2 amide bonds. The van der Waals surface area contributed by atoms with Crippen molar-refractivity contribution in [2.45, 2.75) is 45.1 Å². The Balaban J connectivity index is 1.48. The van der Waals surface area contributed by atoms with Crippen LogP contribution in [-0.2, 0) is 17.8 Å². The first-order chi connectivity index (χ1) is 12.1. The topological polar surface area (TPSA) is 93.0 Å². The molecule has 2 aliphatic rings. The van der Waals surface area contributed by atoms with Crippen LogP contribution >= 0.6 is 11.3 Å². The number of fused-ring (bicyclic) bond motifs is 1. The molecule has 0 spiro atoms. The van der Waals surface area contributed by atoms with Crippen LogP contribution in [0.5, 0.6) is 0 Å². The Hall–Kier alpha value is -2.29. The number of nitrogens with zero attached hydrogens (tertiary/aromatic N) is 5. The number of amides is 2. The highest BCUT2D eigenvalue weighted by Crippen LogP contribution is 2.29. The van der Waals surface area contributed by atoms with E-state index in [1.165, 1.54) is 18.3 Å². The first kappa shape index (κ1) is 16.2. The van der Waals surface area contributed by atoms with Crippen molar-refractivity contribution in [1.82, 2.24) is 24.6 Å². The molecule has 132 valence electrons. The molecule has 0 aromatic carbocycles. The van der Waals surface area contributed by atoms with Gasteiger partial charge in [-0.25, -0.2) is 4.98 Å².